The van der Waals surface area contributed by atoms with Gasteiger partial charge in [0.25, 0.3) is 0 Å². The fraction of sp³-hybridized carbons (Fsp3) is 0.684. The van der Waals surface area contributed by atoms with Gasteiger partial charge in [-0.3, -0.25) is 4.90 Å². The first kappa shape index (κ1) is 16.5. The predicted molar refractivity (Wildman–Crippen MR) is 91.5 cm³/mol. The molecule has 0 radical (unpaired) electrons. The van der Waals surface area contributed by atoms with E-state index < -0.39 is 0 Å². The Morgan fingerprint density at radius 3 is 2.43 bits per heavy atom. The third-order valence-corrected chi connectivity index (χ3v) is 4.85. The van der Waals surface area contributed by atoms with Gasteiger partial charge in [0, 0.05) is 19.6 Å². The van der Waals surface area contributed by atoms with Gasteiger partial charge in [0.05, 0.1) is 0 Å². The number of hydrogen-bond donors (Lipinski definition) is 1. The fourth-order valence-corrected chi connectivity index (χ4v) is 3.64. The van der Waals surface area contributed by atoms with Crippen molar-refractivity contribution in [3.8, 4) is 0 Å². The lowest BCUT2D eigenvalue weighted by Crippen LogP contribution is -2.42. The molecule has 0 spiro atoms. The minimum atomic E-state index is 0.514. The van der Waals surface area contributed by atoms with E-state index in [2.05, 4.69) is 54.4 Å². The van der Waals surface area contributed by atoms with E-state index >= 15 is 0 Å². The number of rotatable bonds is 9. The minimum Gasteiger partial charge on any atom is -0.316 e. The molecule has 2 heteroatoms. The molecular weight excluding hydrogens is 256 g/mol. The molecule has 1 aliphatic rings. The Morgan fingerprint density at radius 2 is 1.81 bits per heavy atom. The van der Waals surface area contributed by atoms with E-state index in [1.165, 1.54) is 50.8 Å². The SMILES string of the molecule is CCCNCC1(CN(CC)Cc2ccccc2)CCCC1. The quantitative estimate of drug-likeness (QED) is 0.689. The van der Waals surface area contributed by atoms with Gasteiger partial charge in [-0.25, -0.2) is 0 Å². The molecular formula is C19H32N2. The van der Waals surface area contributed by atoms with Crippen molar-refractivity contribution in [3.05, 3.63) is 35.9 Å². The van der Waals surface area contributed by atoms with Crippen LogP contribution in [0.25, 0.3) is 0 Å². The first-order chi connectivity index (χ1) is 10.3. The van der Waals surface area contributed by atoms with Crippen LogP contribution in [-0.4, -0.2) is 31.1 Å². The first-order valence-electron chi connectivity index (χ1n) is 8.75. The molecule has 0 unspecified atom stereocenters. The maximum Gasteiger partial charge on any atom is 0.0233 e. The van der Waals surface area contributed by atoms with Crippen LogP contribution >= 0.6 is 0 Å². The van der Waals surface area contributed by atoms with Crippen molar-refractivity contribution >= 4 is 0 Å². The van der Waals surface area contributed by atoms with Gasteiger partial charge in [0.15, 0.2) is 0 Å². The molecule has 1 N–H and O–H groups in total. The lowest BCUT2D eigenvalue weighted by molar-refractivity contribution is 0.148. The second-order valence-corrected chi connectivity index (χ2v) is 6.67. The van der Waals surface area contributed by atoms with Crippen LogP contribution in [0.2, 0.25) is 0 Å². The standard InChI is InChI=1S/C19H32N2/c1-3-14-20-16-19(12-8-9-13-19)17-21(4-2)15-18-10-6-5-7-11-18/h5-7,10-11,20H,3-4,8-9,12-17H2,1-2H3. The van der Waals surface area contributed by atoms with Crippen LogP contribution in [-0.2, 0) is 6.54 Å². The highest BCUT2D eigenvalue weighted by Gasteiger charge is 2.34. The summed E-state index contributed by atoms with van der Waals surface area (Å²) in [5.74, 6) is 0. The minimum absolute atomic E-state index is 0.514. The van der Waals surface area contributed by atoms with E-state index in [-0.39, 0.29) is 0 Å². The van der Waals surface area contributed by atoms with Gasteiger partial charge in [0.1, 0.15) is 0 Å². The smallest absolute Gasteiger partial charge is 0.0233 e. The van der Waals surface area contributed by atoms with Crippen molar-refractivity contribution in [1.82, 2.24) is 10.2 Å². The Bertz CT molecular complexity index is 382. The zero-order valence-corrected chi connectivity index (χ0v) is 13.9. The van der Waals surface area contributed by atoms with E-state index in [0.717, 1.165) is 19.6 Å². The van der Waals surface area contributed by atoms with Gasteiger partial charge in [-0.2, -0.15) is 0 Å². The second-order valence-electron chi connectivity index (χ2n) is 6.67. The zero-order valence-electron chi connectivity index (χ0n) is 13.9. The molecule has 0 heterocycles. The van der Waals surface area contributed by atoms with E-state index in [9.17, 15) is 0 Å². The fourth-order valence-electron chi connectivity index (χ4n) is 3.64. The topological polar surface area (TPSA) is 15.3 Å². The second kappa shape index (κ2) is 8.55. The molecule has 21 heavy (non-hydrogen) atoms. The summed E-state index contributed by atoms with van der Waals surface area (Å²) in [5, 5.41) is 3.68. The average Bonchev–Trinajstić information content (AvgIpc) is 2.97. The Kier molecular flexibility index (Phi) is 6.72. The molecule has 0 saturated heterocycles. The van der Waals surface area contributed by atoms with Gasteiger partial charge in [-0.05, 0) is 43.3 Å². The van der Waals surface area contributed by atoms with Gasteiger partial charge in [-0.1, -0.05) is 57.0 Å². The maximum absolute atomic E-state index is 3.68. The van der Waals surface area contributed by atoms with Crippen LogP contribution < -0.4 is 5.32 Å². The third-order valence-electron chi connectivity index (χ3n) is 4.85. The van der Waals surface area contributed by atoms with E-state index in [1.54, 1.807) is 0 Å². The summed E-state index contributed by atoms with van der Waals surface area (Å²) in [6.45, 7) is 10.4. The third kappa shape index (κ3) is 5.12. The molecule has 0 aromatic heterocycles. The summed E-state index contributed by atoms with van der Waals surface area (Å²) in [5.41, 5.74) is 1.95. The highest BCUT2D eigenvalue weighted by Crippen LogP contribution is 2.38. The molecule has 0 bridgehead atoms. The summed E-state index contributed by atoms with van der Waals surface area (Å²) >= 11 is 0. The van der Waals surface area contributed by atoms with Crippen LogP contribution in [0.1, 0.15) is 51.5 Å². The monoisotopic (exact) mass is 288 g/mol. The normalized spacial score (nSPS) is 17.5. The molecule has 0 aliphatic heterocycles. The van der Waals surface area contributed by atoms with Crippen molar-refractivity contribution in [3.63, 3.8) is 0 Å². The summed E-state index contributed by atoms with van der Waals surface area (Å²) in [7, 11) is 0. The van der Waals surface area contributed by atoms with Crippen LogP contribution in [0.4, 0.5) is 0 Å². The molecule has 1 saturated carbocycles. The van der Waals surface area contributed by atoms with Gasteiger partial charge in [-0.15, -0.1) is 0 Å². The van der Waals surface area contributed by atoms with Crippen LogP contribution in [0.5, 0.6) is 0 Å². The van der Waals surface area contributed by atoms with Crippen molar-refractivity contribution < 1.29 is 0 Å². The highest BCUT2D eigenvalue weighted by molar-refractivity contribution is 5.14. The largest absolute Gasteiger partial charge is 0.316 e. The van der Waals surface area contributed by atoms with E-state index in [0.29, 0.717) is 5.41 Å². The highest BCUT2D eigenvalue weighted by atomic mass is 15.1. The molecule has 1 aromatic carbocycles. The maximum atomic E-state index is 3.68. The molecule has 0 amide bonds. The summed E-state index contributed by atoms with van der Waals surface area (Å²) in [6, 6.07) is 10.9. The van der Waals surface area contributed by atoms with Gasteiger partial charge < -0.3 is 5.32 Å². The number of benzene rings is 1. The number of hydrogen-bond acceptors (Lipinski definition) is 2. The van der Waals surface area contributed by atoms with Crippen molar-refractivity contribution in [2.75, 3.05) is 26.2 Å². The van der Waals surface area contributed by atoms with Crippen molar-refractivity contribution in [1.29, 1.82) is 0 Å². The molecule has 2 nitrogen and oxygen atoms in total. The Balaban J connectivity index is 1.93. The van der Waals surface area contributed by atoms with Gasteiger partial charge in [0.2, 0.25) is 0 Å². The summed E-state index contributed by atoms with van der Waals surface area (Å²) in [4.78, 5) is 2.63. The molecule has 118 valence electrons. The zero-order chi connectivity index (χ0) is 15.0. The van der Waals surface area contributed by atoms with E-state index in [1.807, 2.05) is 0 Å². The lowest BCUT2D eigenvalue weighted by atomic mass is 9.85. The lowest BCUT2D eigenvalue weighted by Gasteiger charge is -2.35. The molecule has 1 aliphatic carbocycles. The summed E-state index contributed by atoms with van der Waals surface area (Å²) in [6.07, 6.45) is 6.86. The molecule has 2 rings (SSSR count). The first-order valence-corrected chi connectivity index (χ1v) is 8.75. The van der Waals surface area contributed by atoms with Crippen molar-refractivity contribution in [2.24, 2.45) is 5.41 Å². The number of nitrogens with zero attached hydrogens (tertiary/aromatic N) is 1. The Labute approximate surface area is 130 Å². The molecule has 1 fully saturated rings. The number of nitrogens with one attached hydrogen (secondary N) is 1. The Hall–Kier alpha value is -0.860. The average molecular weight is 288 g/mol. The van der Waals surface area contributed by atoms with Crippen molar-refractivity contribution in [2.45, 2.75) is 52.5 Å². The van der Waals surface area contributed by atoms with Crippen LogP contribution in [0, 0.1) is 5.41 Å². The Morgan fingerprint density at radius 1 is 1.10 bits per heavy atom. The van der Waals surface area contributed by atoms with Crippen LogP contribution in [0.15, 0.2) is 30.3 Å². The van der Waals surface area contributed by atoms with Crippen LogP contribution in [0.3, 0.4) is 0 Å². The molecule has 0 atom stereocenters. The summed E-state index contributed by atoms with van der Waals surface area (Å²) < 4.78 is 0. The predicted octanol–water partition coefficient (Wildman–Crippen LogP) is 4.07. The van der Waals surface area contributed by atoms with E-state index in [4.69, 9.17) is 0 Å². The van der Waals surface area contributed by atoms with Gasteiger partial charge >= 0.3 is 0 Å². The molecule has 1 aromatic rings.